The summed E-state index contributed by atoms with van der Waals surface area (Å²) >= 11 is 0. The summed E-state index contributed by atoms with van der Waals surface area (Å²) in [4.78, 5) is 12.1. The summed E-state index contributed by atoms with van der Waals surface area (Å²) in [7, 11) is 4.02. The molecule has 2 aliphatic heterocycles. The third-order valence-electron chi connectivity index (χ3n) is 5.99. The molecule has 0 aromatic heterocycles. The van der Waals surface area contributed by atoms with Crippen molar-refractivity contribution in [3.8, 4) is 5.75 Å². The maximum absolute atomic E-state index is 12.1. The van der Waals surface area contributed by atoms with Gasteiger partial charge in [0.1, 0.15) is 12.4 Å². The summed E-state index contributed by atoms with van der Waals surface area (Å²) in [5.74, 6) is 0.998. The number of rotatable bonds is 5. The Morgan fingerprint density at radius 2 is 2.00 bits per heavy atom. The molecule has 0 aliphatic carbocycles. The predicted octanol–water partition coefficient (Wildman–Crippen LogP) is 3.66. The highest BCUT2D eigenvalue weighted by atomic mass is 16.5. The van der Waals surface area contributed by atoms with Gasteiger partial charge in [-0.2, -0.15) is 0 Å². The maximum atomic E-state index is 12.1. The highest BCUT2D eigenvalue weighted by Crippen LogP contribution is 2.36. The number of hydrogen-bond donors (Lipinski definition) is 0. The molecule has 0 amide bonds. The van der Waals surface area contributed by atoms with Crippen molar-refractivity contribution in [3.63, 3.8) is 0 Å². The van der Waals surface area contributed by atoms with Gasteiger partial charge in [-0.3, -0.25) is 0 Å². The highest BCUT2D eigenvalue weighted by Gasteiger charge is 2.43. The number of carbonyl (C=O) groups excluding carboxylic acids is 1. The van der Waals surface area contributed by atoms with Crippen molar-refractivity contribution in [2.45, 2.75) is 38.1 Å². The fourth-order valence-electron chi connectivity index (χ4n) is 4.63. The SMILES string of the molecule is COc1ccccc1/C=C/C(=O)OC[C@@H]1CCC[N+]2(C)CCCC[C@H]12. The molecule has 4 nitrogen and oxygen atoms in total. The Kier molecular flexibility index (Phi) is 5.79. The van der Waals surface area contributed by atoms with Crippen molar-refractivity contribution in [3.05, 3.63) is 35.9 Å². The van der Waals surface area contributed by atoms with Gasteiger partial charge >= 0.3 is 5.97 Å². The first kappa shape index (κ1) is 18.0. The first-order valence-electron chi connectivity index (χ1n) is 9.44. The van der Waals surface area contributed by atoms with E-state index < -0.39 is 0 Å². The lowest BCUT2D eigenvalue weighted by molar-refractivity contribution is -0.947. The number of esters is 1. The Labute approximate surface area is 151 Å². The Hall–Kier alpha value is -1.81. The van der Waals surface area contributed by atoms with Gasteiger partial charge in [-0.1, -0.05) is 18.2 Å². The molecule has 3 rings (SSSR count). The Bertz CT molecular complexity index is 623. The lowest BCUT2D eigenvalue weighted by Gasteiger charge is -2.51. The molecular weight excluding hydrogens is 314 g/mol. The Morgan fingerprint density at radius 1 is 1.20 bits per heavy atom. The lowest BCUT2D eigenvalue weighted by atomic mass is 9.82. The number of nitrogens with zero attached hydrogens (tertiary/aromatic N) is 1. The Balaban J connectivity index is 1.56. The number of methoxy groups -OCH3 is 1. The van der Waals surface area contributed by atoms with Crippen LogP contribution in [0, 0.1) is 5.92 Å². The summed E-state index contributed by atoms with van der Waals surface area (Å²) in [6.07, 6.45) is 9.63. The van der Waals surface area contributed by atoms with Crippen molar-refractivity contribution in [2.75, 3.05) is 33.9 Å². The van der Waals surface area contributed by atoms with Crippen LogP contribution >= 0.6 is 0 Å². The van der Waals surface area contributed by atoms with Crippen LogP contribution in [0.4, 0.5) is 0 Å². The van der Waals surface area contributed by atoms with E-state index in [9.17, 15) is 4.79 Å². The normalized spacial score (nSPS) is 29.2. The van der Waals surface area contributed by atoms with Crippen molar-refractivity contribution in [1.29, 1.82) is 0 Å². The smallest absolute Gasteiger partial charge is 0.330 e. The molecule has 2 aliphatic rings. The van der Waals surface area contributed by atoms with Crippen LogP contribution in [0.3, 0.4) is 0 Å². The average molecular weight is 344 g/mol. The van der Waals surface area contributed by atoms with E-state index in [4.69, 9.17) is 9.47 Å². The molecule has 2 saturated heterocycles. The monoisotopic (exact) mass is 344 g/mol. The molecule has 4 heteroatoms. The molecule has 2 heterocycles. The van der Waals surface area contributed by atoms with E-state index in [1.807, 2.05) is 24.3 Å². The molecular formula is C21H30NO3+. The van der Waals surface area contributed by atoms with E-state index in [0.29, 0.717) is 18.6 Å². The van der Waals surface area contributed by atoms with E-state index in [2.05, 4.69) is 7.05 Å². The van der Waals surface area contributed by atoms with Crippen molar-refractivity contribution < 1.29 is 18.8 Å². The third-order valence-corrected chi connectivity index (χ3v) is 5.99. The standard InChI is InChI=1S/C21H30NO3/c1-22-14-6-5-10-19(22)18(9-7-15-22)16-25-21(23)13-12-17-8-3-4-11-20(17)24-2/h3-4,8,11-13,18-19H,5-7,9-10,14-16H2,1-2H3/q+1/b13-12+/t18-,19+,22?/m0/s1. The minimum Gasteiger partial charge on any atom is -0.496 e. The minimum atomic E-state index is -0.263. The number of benzene rings is 1. The van der Waals surface area contributed by atoms with Gasteiger partial charge in [0.05, 0.1) is 33.3 Å². The van der Waals surface area contributed by atoms with E-state index >= 15 is 0 Å². The number of para-hydroxylation sites is 1. The summed E-state index contributed by atoms with van der Waals surface area (Å²) in [5, 5.41) is 0. The lowest BCUT2D eigenvalue weighted by Crippen LogP contribution is -2.61. The third kappa shape index (κ3) is 4.24. The first-order valence-corrected chi connectivity index (χ1v) is 9.44. The molecule has 0 spiro atoms. The van der Waals surface area contributed by atoms with Crippen LogP contribution in [-0.4, -0.2) is 50.3 Å². The first-order chi connectivity index (χ1) is 12.1. The number of ether oxygens (including phenoxy) is 2. The average Bonchev–Trinajstić information content (AvgIpc) is 2.64. The molecule has 136 valence electrons. The maximum Gasteiger partial charge on any atom is 0.330 e. The van der Waals surface area contributed by atoms with Crippen LogP contribution in [0.15, 0.2) is 30.3 Å². The second-order valence-electron chi connectivity index (χ2n) is 7.60. The molecule has 0 saturated carbocycles. The number of quaternary nitrogens is 1. The molecule has 1 aromatic rings. The topological polar surface area (TPSA) is 35.5 Å². The molecule has 0 N–H and O–H groups in total. The van der Waals surface area contributed by atoms with E-state index in [0.717, 1.165) is 11.3 Å². The molecule has 0 bridgehead atoms. The summed E-state index contributed by atoms with van der Waals surface area (Å²) < 4.78 is 12.1. The van der Waals surface area contributed by atoms with Gasteiger partial charge in [-0.25, -0.2) is 4.79 Å². The number of piperidine rings is 2. The van der Waals surface area contributed by atoms with E-state index in [1.165, 1.54) is 55.8 Å². The van der Waals surface area contributed by atoms with Crippen LogP contribution in [0.2, 0.25) is 0 Å². The Morgan fingerprint density at radius 3 is 2.84 bits per heavy atom. The van der Waals surface area contributed by atoms with Crippen LogP contribution in [0.25, 0.3) is 6.08 Å². The van der Waals surface area contributed by atoms with Crippen LogP contribution in [0.5, 0.6) is 5.75 Å². The fourth-order valence-corrected chi connectivity index (χ4v) is 4.63. The zero-order valence-electron chi connectivity index (χ0n) is 15.4. The number of hydrogen-bond acceptors (Lipinski definition) is 3. The van der Waals surface area contributed by atoms with E-state index in [1.54, 1.807) is 13.2 Å². The largest absolute Gasteiger partial charge is 0.496 e. The zero-order valence-corrected chi connectivity index (χ0v) is 15.4. The summed E-state index contributed by atoms with van der Waals surface area (Å²) in [5.41, 5.74) is 0.885. The molecule has 3 atom stereocenters. The van der Waals surface area contributed by atoms with Gasteiger partial charge in [0, 0.05) is 24.0 Å². The van der Waals surface area contributed by atoms with Crippen LogP contribution in [-0.2, 0) is 9.53 Å². The van der Waals surface area contributed by atoms with Gasteiger partial charge in [-0.05, 0) is 37.8 Å². The van der Waals surface area contributed by atoms with Gasteiger partial charge in [-0.15, -0.1) is 0 Å². The second kappa shape index (κ2) is 8.05. The zero-order chi connectivity index (χ0) is 17.7. The van der Waals surface area contributed by atoms with E-state index in [-0.39, 0.29) is 5.97 Å². The van der Waals surface area contributed by atoms with Crippen LogP contribution < -0.4 is 4.74 Å². The quantitative estimate of drug-likeness (QED) is 0.464. The van der Waals surface area contributed by atoms with Crippen molar-refractivity contribution in [1.82, 2.24) is 0 Å². The fraction of sp³-hybridized carbons (Fsp3) is 0.571. The summed E-state index contributed by atoms with van der Waals surface area (Å²) in [6.45, 7) is 3.11. The molecule has 0 radical (unpaired) electrons. The molecule has 25 heavy (non-hydrogen) atoms. The second-order valence-corrected chi connectivity index (χ2v) is 7.60. The molecule has 2 fully saturated rings. The molecule has 1 aromatic carbocycles. The summed E-state index contributed by atoms with van der Waals surface area (Å²) in [6, 6.07) is 8.31. The van der Waals surface area contributed by atoms with Gasteiger partial charge in [0.25, 0.3) is 0 Å². The highest BCUT2D eigenvalue weighted by molar-refractivity contribution is 5.87. The van der Waals surface area contributed by atoms with Gasteiger partial charge in [0.2, 0.25) is 0 Å². The predicted molar refractivity (Wildman–Crippen MR) is 99.3 cm³/mol. The van der Waals surface area contributed by atoms with Crippen molar-refractivity contribution in [2.24, 2.45) is 5.92 Å². The van der Waals surface area contributed by atoms with Gasteiger partial charge < -0.3 is 14.0 Å². The van der Waals surface area contributed by atoms with Gasteiger partial charge in [0.15, 0.2) is 0 Å². The minimum absolute atomic E-state index is 0.263. The van der Waals surface area contributed by atoms with Crippen molar-refractivity contribution >= 4 is 12.0 Å². The number of fused-ring (bicyclic) bond motifs is 1. The number of carbonyl (C=O) groups is 1. The molecule has 1 unspecified atom stereocenters. The van der Waals surface area contributed by atoms with Crippen LogP contribution in [0.1, 0.15) is 37.7 Å².